The van der Waals surface area contributed by atoms with Crippen LogP contribution in [0.15, 0.2) is 24.3 Å². The van der Waals surface area contributed by atoms with E-state index in [9.17, 15) is 32.3 Å². The van der Waals surface area contributed by atoms with Gasteiger partial charge >= 0.3 is 18.0 Å². The molecule has 1 aliphatic carbocycles. The predicted molar refractivity (Wildman–Crippen MR) is 97.5 cm³/mol. The third-order valence-corrected chi connectivity index (χ3v) is 5.03. The SMILES string of the molecule is O=C(NNC(=O)C1CCN(C(=O)c2ccc(C(F)(F)F)cc2)CC1)C(=O)NC1CC1. The number of likely N-dealkylation sites (tertiary alicyclic amines) is 1. The minimum Gasteiger partial charge on any atom is -0.345 e. The van der Waals surface area contributed by atoms with E-state index in [2.05, 4.69) is 16.2 Å². The van der Waals surface area contributed by atoms with Crippen LogP contribution in [0, 0.1) is 5.92 Å². The number of carbonyl (C=O) groups excluding carboxylic acids is 4. The molecule has 30 heavy (non-hydrogen) atoms. The van der Waals surface area contributed by atoms with Crippen molar-refractivity contribution in [3.63, 3.8) is 0 Å². The molecule has 2 aliphatic rings. The zero-order valence-corrected chi connectivity index (χ0v) is 15.9. The number of halogens is 3. The molecular formula is C19H21F3N4O4. The van der Waals surface area contributed by atoms with Crippen LogP contribution in [0.3, 0.4) is 0 Å². The minimum absolute atomic E-state index is 0.0190. The maximum Gasteiger partial charge on any atom is 0.416 e. The summed E-state index contributed by atoms with van der Waals surface area (Å²) in [4.78, 5) is 49.2. The molecular weight excluding hydrogens is 405 g/mol. The first-order valence-corrected chi connectivity index (χ1v) is 9.52. The Bertz CT molecular complexity index is 829. The average molecular weight is 426 g/mol. The van der Waals surface area contributed by atoms with Gasteiger partial charge in [-0.15, -0.1) is 0 Å². The van der Waals surface area contributed by atoms with Gasteiger partial charge in [-0.2, -0.15) is 13.2 Å². The molecule has 1 saturated carbocycles. The van der Waals surface area contributed by atoms with Crippen LogP contribution >= 0.6 is 0 Å². The third kappa shape index (κ3) is 5.49. The van der Waals surface area contributed by atoms with E-state index in [0.717, 1.165) is 37.1 Å². The number of hydrazine groups is 1. The molecule has 0 radical (unpaired) electrons. The Hall–Kier alpha value is -3.11. The van der Waals surface area contributed by atoms with Crippen molar-refractivity contribution in [1.29, 1.82) is 0 Å². The largest absolute Gasteiger partial charge is 0.416 e. The van der Waals surface area contributed by atoms with Crippen molar-refractivity contribution in [3.05, 3.63) is 35.4 Å². The van der Waals surface area contributed by atoms with Crippen LogP contribution in [0.1, 0.15) is 41.6 Å². The van der Waals surface area contributed by atoms with E-state index in [0.29, 0.717) is 12.8 Å². The van der Waals surface area contributed by atoms with Crippen LogP contribution in [0.2, 0.25) is 0 Å². The Morgan fingerprint density at radius 3 is 2.00 bits per heavy atom. The summed E-state index contributed by atoms with van der Waals surface area (Å²) in [5.41, 5.74) is 3.59. The molecule has 1 aliphatic heterocycles. The number of benzene rings is 1. The van der Waals surface area contributed by atoms with Gasteiger partial charge in [-0.05, 0) is 49.9 Å². The molecule has 1 saturated heterocycles. The number of nitrogens with zero attached hydrogens (tertiary/aromatic N) is 1. The second-order valence-electron chi connectivity index (χ2n) is 7.33. The second kappa shape index (κ2) is 8.72. The van der Waals surface area contributed by atoms with Crippen molar-refractivity contribution >= 4 is 23.6 Å². The molecule has 0 spiro atoms. The first kappa shape index (κ1) is 21.6. The minimum atomic E-state index is -4.47. The van der Waals surface area contributed by atoms with Gasteiger partial charge in [0.25, 0.3) is 5.91 Å². The quantitative estimate of drug-likeness (QED) is 0.495. The number of amides is 4. The Morgan fingerprint density at radius 1 is 0.867 bits per heavy atom. The smallest absolute Gasteiger partial charge is 0.345 e. The standard InChI is InChI=1S/C19H21F3N4O4/c20-19(21,22)13-3-1-12(2-4-13)18(30)26-9-7-11(8-10-26)15(27)24-25-17(29)16(28)23-14-5-6-14/h1-4,11,14H,5-10H2,(H,23,28)(H,24,27)(H,25,29). The Morgan fingerprint density at radius 2 is 1.47 bits per heavy atom. The Labute approximate surface area is 170 Å². The fraction of sp³-hybridized carbons (Fsp3) is 0.474. The normalized spacial score (nSPS) is 17.2. The van der Waals surface area contributed by atoms with Crippen molar-refractivity contribution < 1.29 is 32.3 Å². The summed E-state index contributed by atoms with van der Waals surface area (Å²) in [5.74, 6) is -3.11. The lowest BCUT2D eigenvalue weighted by Gasteiger charge is -2.31. The van der Waals surface area contributed by atoms with E-state index in [1.165, 1.54) is 4.90 Å². The van der Waals surface area contributed by atoms with Gasteiger partial charge in [0.15, 0.2) is 0 Å². The van der Waals surface area contributed by atoms with E-state index in [-0.39, 0.29) is 24.7 Å². The lowest BCUT2D eigenvalue weighted by Crippen LogP contribution is -2.52. The van der Waals surface area contributed by atoms with Gasteiger partial charge in [0.1, 0.15) is 0 Å². The molecule has 0 atom stereocenters. The van der Waals surface area contributed by atoms with Gasteiger partial charge in [-0.1, -0.05) is 0 Å². The zero-order valence-electron chi connectivity index (χ0n) is 15.9. The van der Waals surface area contributed by atoms with Crippen molar-refractivity contribution in [2.45, 2.75) is 37.9 Å². The van der Waals surface area contributed by atoms with Gasteiger partial charge in [-0.25, -0.2) is 0 Å². The van der Waals surface area contributed by atoms with Crippen molar-refractivity contribution in [2.75, 3.05) is 13.1 Å². The van der Waals surface area contributed by atoms with Crippen LogP contribution in [0.25, 0.3) is 0 Å². The molecule has 3 N–H and O–H groups in total. The zero-order chi connectivity index (χ0) is 21.9. The first-order chi connectivity index (χ1) is 14.1. The maximum absolute atomic E-state index is 12.6. The van der Waals surface area contributed by atoms with Gasteiger partial charge in [0, 0.05) is 30.6 Å². The number of alkyl halides is 3. The molecule has 11 heteroatoms. The first-order valence-electron chi connectivity index (χ1n) is 9.52. The summed E-state index contributed by atoms with van der Waals surface area (Å²) < 4.78 is 37.9. The summed E-state index contributed by atoms with van der Waals surface area (Å²) in [6, 6.07) is 3.99. The average Bonchev–Trinajstić information content (AvgIpc) is 3.54. The van der Waals surface area contributed by atoms with Crippen LogP contribution in [-0.2, 0) is 20.6 Å². The van der Waals surface area contributed by atoms with Crippen molar-refractivity contribution in [3.8, 4) is 0 Å². The molecule has 3 rings (SSSR count). The number of hydrogen-bond donors (Lipinski definition) is 3. The number of carbonyl (C=O) groups is 4. The molecule has 8 nitrogen and oxygen atoms in total. The van der Waals surface area contributed by atoms with Gasteiger partial charge in [0.05, 0.1) is 5.56 Å². The summed E-state index contributed by atoms with van der Waals surface area (Å²) in [7, 11) is 0. The molecule has 0 aromatic heterocycles. The maximum atomic E-state index is 12.6. The highest BCUT2D eigenvalue weighted by atomic mass is 19.4. The molecule has 1 heterocycles. The van der Waals surface area contributed by atoms with Crippen molar-refractivity contribution in [1.82, 2.24) is 21.1 Å². The highest BCUT2D eigenvalue weighted by molar-refractivity contribution is 6.35. The molecule has 162 valence electrons. The lowest BCUT2D eigenvalue weighted by atomic mass is 9.95. The molecule has 0 unspecified atom stereocenters. The summed E-state index contributed by atoms with van der Waals surface area (Å²) in [6.07, 6.45) is -2.17. The highest BCUT2D eigenvalue weighted by Gasteiger charge is 2.32. The molecule has 2 fully saturated rings. The predicted octanol–water partition coefficient (Wildman–Crippen LogP) is 0.984. The fourth-order valence-electron chi connectivity index (χ4n) is 3.08. The Balaban J connectivity index is 1.44. The van der Waals surface area contributed by atoms with E-state index in [1.54, 1.807) is 0 Å². The highest BCUT2D eigenvalue weighted by Crippen LogP contribution is 2.29. The van der Waals surface area contributed by atoms with Crippen LogP contribution in [0.4, 0.5) is 13.2 Å². The van der Waals surface area contributed by atoms with E-state index < -0.39 is 41.3 Å². The summed E-state index contributed by atoms with van der Waals surface area (Å²) >= 11 is 0. The van der Waals surface area contributed by atoms with Gasteiger partial charge in [0.2, 0.25) is 5.91 Å². The molecule has 0 bridgehead atoms. The second-order valence-corrected chi connectivity index (χ2v) is 7.33. The van der Waals surface area contributed by atoms with Crippen LogP contribution in [-0.4, -0.2) is 47.7 Å². The van der Waals surface area contributed by atoms with E-state index in [1.807, 2.05) is 0 Å². The molecule has 1 aromatic carbocycles. The van der Waals surface area contributed by atoms with Crippen molar-refractivity contribution in [2.24, 2.45) is 5.92 Å². The van der Waals surface area contributed by atoms with E-state index in [4.69, 9.17) is 0 Å². The Kier molecular flexibility index (Phi) is 6.28. The molecule has 1 aromatic rings. The topological polar surface area (TPSA) is 108 Å². The van der Waals surface area contributed by atoms with Gasteiger partial charge < -0.3 is 10.2 Å². The number of hydrogen-bond acceptors (Lipinski definition) is 4. The number of piperidine rings is 1. The van der Waals surface area contributed by atoms with E-state index >= 15 is 0 Å². The summed E-state index contributed by atoms with van der Waals surface area (Å²) in [6.45, 7) is 0.488. The number of nitrogens with one attached hydrogen (secondary N) is 3. The number of rotatable bonds is 3. The van der Waals surface area contributed by atoms with Crippen LogP contribution < -0.4 is 16.2 Å². The fourth-order valence-corrected chi connectivity index (χ4v) is 3.08. The van der Waals surface area contributed by atoms with Crippen LogP contribution in [0.5, 0.6) is 0 Å². The third-order valence-electron chi connectivity index (χ3n) is 5.03. The molecule has 4 amide bonds. The lowest BCUT2D eigenvalue weighted by molar-refractivity contribution is -0.141. The monoisotopic (exact) mass is 426 g/mol. The van der Waals surface area contributed by atoms with Gasteiger partial charge in [-0.3, -0.25) is 30.0 Å². The summed E-state index contributed by atoms with van der Waals surface area (Å²) in [5, 5.41) is 2.49.